The molecule has 2 fully saturated rings. The SMILES string of the molecule is CCCCC[C@H](O)/C=C/[C@H]1[C@@H]2CO[C@@H](C2)[C@@H]1C/C=C/CCCC(=O)O. The second-order valence-electron chi connectivity index (χ2n) is 7.55. The summed E-state index contributed by atoms with van der Waals surface area (Å²) in [7, 11) is 0. The quantitative estimate of drug-likeness (QED) is 0.406. The van der Waals surface area contributed by atoms with E-state index in [-0.39, 0.29) is 12.5 Å². The Kier molecular flexibility index (Phi) is 8.70. The molecule has 4 nitrogen and oxygen atoms in total. The monoisotopic (exact) mass is 350 g/mol. The van der Waals surface area contributed by atoms with Gasteiger partial charge < -0.3 is 14.9 Å². The van der Waals surface area contributed by atoms with Crippen LogP contribution in [0.15, 0.2) is 24.3 Å². The molecule has 5 atom stereocenters. The third-order valence-electron chi connectivity index (χ3n) is 5.57. The molecule has 0 unspecified atom stereocenters. The van der Waals surface area contributed by atoms with E-state index in [4.69, 9.17) is 9.84 Å². The fourth-order valence-corrected chi connectivity index (χ4v) is 4.15. The predicted octanol–water partition coefficient (Wildman–Crippen LogP) is 4.34. The van der Waals surface area contributed by atoms with Gasteiger partial charge in [0.15, 0.2) is 0 Å². The number of allylic oxidation sites excluding steroid dienone is 3. The van der Waals surface area contributed by atoms with E-state index in [1.54, 1.807) is 0 Å². The Balaban J connectivity index is 1.78. The smallest absolute Gasteiger partial charge is 0.303 e. The van der Waals surface area contributed by atoms with Crippen molar-refractivity contribution in [1.29, 1.82) is 0 Å². The Bertz CT molecular complexity index is 457. The Morgan fingerprint density at radius 2 is 2.12 bits per heavy atom. The second kappa shape index (κ2) is 10.8. The molecule has 142 valence electrons. The molecule has 0 amide bonds. The van der Waals surface area contributed by atoms with Crippen molar-refractivity contribution < 1.29 is 19.7 Å². The van der Waals surface area contributed by atoms with Gasteiger partial charge in [0.1, 0.15) is 0 Å². The Morgan fingerprint density at radius 1 is 1.28 bits per heavy atom. The van der Waals surface area contributed by atoms with Crippen LogP contribution in [0.4, 0.5) is 0 Å². The summed E-state index contributed by atoms with van der Waals surface area (Å²) in [4.78, 5) is 10.5. The van der Waals surface area contributed by atoms with E-state index in [0.29, 0.717) is 30.3 Å². The highest BCUT2D eigenvalue weighted by Gasteiger charge is 2.46. The number of aliphatic carboxylic acids is 1. The van der Waals surface area contributed by atoms with Crippen molar-refractivity contribution in [3.63, 3.8) is 0 Å². The predicted molar refractivity (Wildman–Crippen MR) is 99.4 cm³/mol. The Hall–Kier alpha value is -1.13. The van der Waals surface area contributed by atoms with Crippen LogP contribution < -0.4 is 0 Å². The van der Waals surface area contributed by atoms with Gasteiger partial charge in [-0.1, -0.05) is 50.5 Å². The lowest BCUT2D eigenvalue weighted by Gasteiger charge is -2.28. The fourth-order valence-electron chi connectivity index (χ4n) is 4.15. The molecule has 25 heavy (non-hydrogen) atoms. The number of carboxylic acids is 1. The van der Waals surface area contributed by atoms with E-state index in [0.717, 1.165) is 38.7 Å². The highest BCUT2D eigenvalue weighted by atomic mass is 16.5. The first-order valence-corrected chi connectivity index (χ1v) is 9.96. The third kappa shape index (κ3) is 6.59. The number of hydrogen-bond acceptors (Lipinski definition) is 3. The summed E-state index contributed by atoms with van der Waals surface area (Å²) in [5.74, 6) is 0.865. The molecule has 1 heterocycles. The highest BCUT2D eigenvalue weighted by Crippen LogP contribution is 2.47. The zero-order valence-corrected chi connectivity index (χ0v) is 15.5. The molecule has 1 aliphatic heterocycles. The molecule has 0 spiro atoms. The molecule has 2 bridgehead atoms. The summed E-state index contributed by atoms with van der Waals surface area (Å²) in [5, 5.41) is 18.8. The zero-order chi connectivity index (χ0) is 18.1. The van der Waals surface area contributed by atoms with Crippen LogP contribution in [0.25, 0.3) is 0 Å². The molecular weight excluding hydrogens is 316 g/mol. The Morgan fingerprint density at radius 3 is 2.88 bits per heavy atom. The molecule has 1 saturated heterocycles. The fraction of sp³-hybridized carbons (Fsp3) is 0.762. The molecule has 0 radical (unpaired) electrons. The van der Waals surface area contributed by atoms with Gasteiger partial charge in [0.2, 0.25) is 0 Å². The highest BCUT2D eigenvalue weighted by molar-refractivity contribution is 5.66. The number of aliphatic hydroxyl groups excluding tert-OH is 1. The molecule has 2 rings (SSSR count). The Labute approximate surface area is 152 Å². The average molecular weight is 350 g/mol. The van der Waals surface area contributed by atoms with Crippen molar-refractivity contribution in [3.05, 3.63) is 24.3 Å². The molecule has 2 aliphatic rings. The number of carbonyl (C=O) groups is 1. The normalized spacial score (nSPS) is 29.8. The number of aliphatic hydroxyl groups is 1. The van der Waals surface area contributed by atoms with Crippen molar-refractivity contribution in [3.8, 4) is 0 Å². The first-order chi connectivity index (χ1) is 12.1. The molecule has 4 heteroatoms. The van der Waals surface area contributed by atoms with E-state index in [1.165, 1.54) is 12.8 Å². The lowest BCUT2D eigenvalue weighted by molar-refractivity contribution is -0.137. The van der Waals surface area contributed by atoms with Gasteiger partial charge in [-0.15, -0.1) is 0 Å². The average Bonchev–Trinajstić information content (AvgIpc) is 3.17. The number of carboxylic acid groups (broad SMARTS) is 1. The van der Waals surface area contributed by atoms with Crippen molar-refractivity contribution in [2.24, 2.45) is 17.8 Å². The zero-order valence-electron chi connectivity index (χ0n) is 15.5. The summed E-state index contributed by atoms with van der Waals surface area (Å²) >= 11 is 0. The molecule has 1 saturated carbocycles. The van der Waals surface area contributed by atoms with Crippen LogP contribution in [-0.4, -0.2) is 35.0 Å². The van der Waals surface area contributed by atoms with Gasteiger partial charge >= 0.3 is 5.97 Å². The van der Waals surface area contributed by atoms with Crippen molar-refractivity contribution in [2.75, 3.05) is 6.61 Å². The number of ether oxygens (including phenoxy) is 1. The summed E-state index contributed by atoms with van der Waals surface area (Å²) < 4.78 is 5.88. The maximum atomic E-state index is 10.5. The van der Waals surface area contributed by atoms with Gasteiger partial charge in [-0.2, -0.15) is 0 Å². The maximum Gasteiger partial charge on any atom is 0.303 e. The molecule has 0 aromatic carbocycles. The number of hydrogen-bond donors (Lipinski definition) is 2. The summed E-state index contributed by atoms with van der Waals surface area (Å²) in [6, 6.07) is 0. The summed E-state index contributed by atoms with van der Waals surface area (Å²) in [5.41, 5.74) is 0. The molecular formula is C21H34O4. The minimum Gasteiger partial charge on any atom is -0.481 e. The number of unbranched alkanes of at least 4 members (excludes halogenated alkanes) is 3. The third-order valence-corrected chi connectivity index (χ3v) is 5.57. The maximum absolute atomic E-state index is 10.5. The first kappa shape index (κ1) is 20.2. The van der Waals surface area contributed by atoms with Crippen LogP contribution in [0.3, 0.4) is 0 Å². The largest absolute Gasteiger partial charge is 0.481 e. The van der Waals surface area contributed by atoms with Crippen molar-refractivity contribution >= 4 is 5.97 Å². The standard InChI is InChI=1S/C21H34O4/c1-2-3-6-9-17(22)12-13-18-16-14-20(25-15-16)19(18)10-7-4-5-8-11-21(23)24/h4,7,12-13,16-20,22H,2-3,5-6,8-11,14-15H2,1H3,(H,23,24)/b7-4+,13-12+/t16-,17-,18-,19+,20-/m0/s1. The van der Waals surface area contributed by atoms with Crippen LogP contribution in [0, 0.1) is 17.8 Å². The van der Waals surface area contributed by atoms with Gasteiger partial charge in [0.25, 0.3) is 0 Å². The van der Waals surface area contributed by atoms with Gasteiger partial charge in [0, 0.05) is 6.42 Å². The summed E-state index contributed by atoms with van der Waals surface area (Å²) in [6.07, 6.45) is 16.8. The molecule has 1 aliphatic carbocycles. The van der Waals surface area contributed by atoms with Crippen LogP contribution >= 0.6 is 0 Å². The van der Waals surface area contributed by atoms with Gasteiger partial charge in [-0.3, -0.25) is 4.79 Å². The lowest BCUT2D eigenvalue weighted by Crippen LogP contribution is -2.27. The van der Waals surface area contributed by atoms with E-state index in [1.807, 2.05) is 6.08 Å². The van der Waals surface area contributed by atoms with Crippen LogP contribution in [-0.2, 0) is 9.53 Å². The van der Waals surface area contributed by atoms with Gasteiger partial charge in [-0.05, 0) is 49.9 Å². The van der Waals surface area contributed by atoms with Crippen molar-refractivity contribution in [2.45, 2.75) is 76.9 Å². The molecule has 2 N–H and O–H groups in total. The van der Waals surface area contributed by atoms with Gasteiger partial charge in [0.05, 0.1) is 18.8 Å². The number of rotatable bonds is 12. The van der Waals surface area contributed by atoms with Crippen LogP contribution in [0.1, 0.15) is 64.7 Å². The van der Waals surface area contributed by atoms with E-state index < -0.39 is 5.97 Å². The first-order valence-electron chi connectivity index (χ1n) is 9.96. The summed E-state index contributed by atoms with van der Waals surface area (Å²) in [6.45, 7) is 3.03. The lowest BCUT2D eigenvalue weighted by atomic mass is 9.85. The second-order valence-corrected chi connectivity index (χ2v) is 7.55. The van der Waals surface area contributed by atoms with E-state index in [9.17, 15) is 9.90 Å². The van der Waals surface area contributed by atoms with Gasteiger partial charge in [-0.25, -0.2) is 0 Å². The van der Waals surface area contributed by atoms with Crippen molar-refractivity contribution in [1.82, 2.24) is 0 Å². The minimum atomic E-state index is -0.724. The number of fused-ring (bicyclic) bond motifs is 2. The topological polar surface area (TPSA) is 66.8 Å². The van der Waals surface area contributed by atoms with E-state index in [2.05, 4.69) is 25.2 Å². The van der Waals surface area contributed by atoms with Crippen LogP contribution in [0.5, 0.6) is 0 Å². The minimum absolute atomic E-state index is 0.239. The van der Waals surface area contributed by atoms with Crippen LogP contribution in [0.2, 0.25) is 0 Å². The molecule has 0 aromatic rings. The molecule has 0 aromatic heterocycles. The van der Waals surface area contributed by atoms with E-state index >= 15 is 0 Å².